The van der Waals surface area contributed by atoms with Crippen LogP contribution in [0.25, 0.3) is 0 Å². The van der Waals surface area contributed by atoms with E-state index in [0.29, 0.717) is 5.96 Å². The summed E-state index contributed by atoms with van der Waals surface area (Å²) in [6.07, 6.45) is 2.06. The Balaban J connectivity index is 2.05. The molecule has 0 aliphatic rings. The second-order valence-electron chi connectivity index (χ2n) is 4.69. The Bertz CT molecular complexity index is 568. The quantitative estimate of drug-likeness (QED) is 0.652. The monoisotopic (exact) mass is 267 g/mol. The van der Waals surface area contributed by atoms with Crippen molar-refractivity contribution in [3.05, 3.63) is 59.7 Å². The van der Waals surface area contributed by atoms with E-state index in [4.69, 9.17) is 5.73 Å². The van der Waals surface area contributed by atoms with Crippen molar-refractivity contribution in [2.75, 3.05) is 5.32 Å². The van der Waals surface area contributed by atoms with Gasteiger partial charge in [-0.05, 0) is 48.2 Å². The summed E-state index contributed by atoms with van der Waals surface area (Å²) in [5, 5.41) is 3.10. The molecule has 3 nitrogen and oxygen atoms in total. The molecule has 3 N–H and O–H groups in total. The van der Waals surface area contributed by atoms with Gasteiger partial charge >= 0.3 is 0 Å². The highest BCUT2D eigenvalue weighted by Crippen LogP contribution is 2.14. The van der Waals surface area contributed by atoms with Gasteiger partial charge in [0.15, 0.2) is 5.96 Å². The van der Waals surface area contributed by atoms with Crippen molar-refractivity contribution in [2.24, 2.45) is 10.7 Å². The molecule has 0 aromatic heterocycles. The van der Waals surface area contributed by atoms with Crippen LogP contribution < -0.4 is 11.1 Å². The lowest BCUT2D eigenvalue weighted by atomic mass is 10.1. The minimum atomic E-state index is 0.401. The molecule has 2 aromatic carbocycles. The molecule has 0 saturated carbocycles. The summed E-state index contributed by atoms with van der Waals surface area (Å²) in [6, 6.07) is 16.3. The average Bonchev–Trinajstić information content (AvgIpc) is 2.49. The Labute approximate surface area is 120 Å². The van der Waals surface area contributed by atoms with Crippen molar-refractivity contribution in [3.8, 4) is 0 Å². The standard InChI is InChI=1S/C17H21N3/c1-3-13-5-9-15(10-6-13)19-17(18)20-16-11-7-14(4-2)8-12-16/h5-12H,3-4H2,1-2H3,(H3,18,19,20). The van der Waals surface area contributed by atoms with Crippen LogP contribution in [0.1, 0.15) is 25.0 Å². The minimum Gasteiger partial charge on any atom is -0.369 e. The van der Waals surface area contributed by atoms with Crippen molar-refractivity contribution >= 4 is 17.3 Å². The summed E-state index contributed by atoms with van der Waals surface area (Å²) in [7, 11) is 0. The molecule has 2 rings (SSSR count). The first kappa shape index (κ1) is 14.1. The summed E-state index contributed by atoms with van der Waals surface area (Å²) < 4.78 is 0. The second kappa shape index (κ2) is 6.75. The Morgan fingerprint density at radius 1 is 0.900 bits per heavy atom. The maximum atomic E-state index is 5.92. The third kappa shape index (κ3) is 3.85. The van der Waals surface area contributed by atoms with E-state index in [1.165, 1.54) is 11.1 Å². The first-order chi connectivity index (χ1) is 9.71. The number of nitrogens with two attached hydrogens (primary N) is 1. The van der Waals surface area contributed by atoms with Gasteiger partial charge in [-0.15, -0.1) is 0 Å². The second-order valence-corrected chi connectivity index (χ2v) is 4.69. The van der Waals surface area contributed by atoms with Crippen LogP contribution >= 0.6 is 0 Å². The number of nitrogens with zero attached hydrogens (tertiary/aromatic N) is 1. The molecule has 104 valence electrons. The SMILES string of the molecule is CCc1ccc(N=C(N)Nc2ccc(CC)cc2)cc1. The lowest BCUT2D eigenvalue weighted by Crippen LogP contribution is -2.21. The van der Waals surface area contributed by atoms with E-state index in [2.05, 4.69) is 48.4 Å². The van der Waals surface area contributed by atoms with Gasteiger partial charge in [0.05, 0.1) is 5.69 Å². The van der Waals surface area contributed by atoms with Crippen molar-refractivity contribution in [3.63, 3.8) is 0 Å². The number of benzene rings is 2. The van der Waals surface area contributed by atoms with E-state index < -0.39 is 0 Å². The van der Waals surface area contributed by atoms with E-state index >= 15 is 0 Å². The van der Waals surface area contributed by atoms with Gasteiger partial charge < -0.3 is 11.1 Å². The van der Waals surface area contributed by atoms with Crippen LogP contribution in [0.3, 0.4) is 0 Å². The Hall–Kier alpha value is -2.29. The van der Waals surface area contributed by atoms with Crippen LogP contribution in [0.5, 0.6) is 0 Å². The third-order valence-electron chi connectivity index (χ3n) is 3.23. The van der Waals surface area contributed by atoms with Crippen LogP contribution in [0, 0.1) is 0 Å². The van der Waals surface area contributed by atoms with Gasteiger partial charge in [-0.1, -0.05) is 38.1 Å². The van der Waals surface area contributed by atoms with Gasteiger partial charge in [-0.3, -0.25) is 0 Å². The first-order valence-corrected chi connectivity index (χ1v) is 7.00. The van der Waals surface area contributed by atoms with Gasteiger partial charge in [0.25, 0.3) is 0 Å². The molecule has 20 heavy (non-hydrogen) atoms. The summed E-state index contributed by atoms with van der Waals surface area (Å²) in [5.74, 6) is 0.401. The Kier molecular flexibility index (Phi) is 4.77. The summed E-state index contributed by atoms with van der Waals surface area (Å²) in [6.45, 7) is 4.27. The molecule has 0 fully saturated rings. The summed E-state index contributed by atoms with van der Waals surface area (Å²) in [4.78, 5) is 4.36. The smallest absolute Gasteiger partial charge is 0.198 e. The molecular weight excluding hydrogens is 246 g/mol. The Morgan fingerprint density at radius 3 is 1.90 bits per heavy atom. The molecule has 0 amide bonds. The fraction of sp³-hybridized carbons (Fsp3) is 0.235. The van der Waals surface area contributed by atoms with Gasteiger partial charge in [0.2, 0.25) is 0 Å². The van der Waals surface area contributed by atoms with Crippen LogP contribution in [0.2, 0.25) is 0 Å². The Morgan fingerprint density at radius 2 is 1.40 bits per heavy atom. The van der Waals surface area contributed by atoms with Crippen molar-refractivity contribution < 1.29 is 0 Å². The fourth-order valence-corrected chi connectivity index (χ4v) is 1.94. The minimum absolute atomic E-state index is 0.401. The van der Waals surface area contributed by atoms with Crippen LogP contribution in [-0.4, -0.2) is 5.96 Å². The highest BCUT2D eigenvalue weighted by atomic mass is 15.1. The van der Waals surface area contributed by atoms with E-state index in [-0.39, 0.29) is 0 Å². The zero-order valence-electron chi connectivity index (χ0n) is 12.1. The molecule has 0 heterocycles. The van der Waals surface area contributed by atoms with Crippen molar-refractivity contribution in [1.82, 2.24) is 0 Å². The average molecular weight is 267 g/mol. The van der Waals surface area contributed by atoms with Gasteiger partial charge in [-0.2, -0.15) is 0 Å². The topological polar surface area (TPSA) is 50.4 Å². The highest BCUT2D eigenvalue weighted by molar-refractivity contribution is 5.93. The zero-order valence-corrected chi connectivity index (χ0v) is 12.1. The van der Waals surface area contributed by atoms with E-state index in [1.807, 2.05) is 24.3 Å². The number of hydrogen-bond acceptors (Lipinski definition) is 1. The maximum Gasteiger partial charge on any atom is 0.198 e. The van der Waals surface area contributed by atoms with E-state index in [0.717, 1.165) is 24.2 Å². The van der Waals surface area contributed by atoms with Crippen molar-refractivity contribution in [1.29, 1.82) is 0 Å². The van der Waals surface area contributed by atoms with Gasteiger partial charge in [0.1, 0.15) is 0 Å². The molecule has 0 bridgehead atoms. The predicted octanol–water partition coefficient (Wildman–Crippen LogP) is 3.87. The zero-order chi connectivity index (χ0) is 14.4. The molecule has 3 heteroatoms. The lowest BCUT2D eigenvalue weighted by Gasteiger charge is -2.06. The van der Waals surface area contributed by atoms with Crippen molar-refractivity contribution in [2.45, 2.75) is 26.7 Å². The number of anilines is 1. The van der Waals surface area contributed by atoms with Gasteiger partial charge in [0, 0.05) is 5.69 Å². The molecule has 0 radical (unpaired) electrons. The molecule has 0 unspecified atom stereocenters. The number of guanidine groups is 1. The molecule has 0 aliphatic carbocycles. The molecule has 0 aliphatic heterocycles. The van der Waals surface area contributed by atoms with Crippen LogP contribution in [-0.2, 0) is 12.8 Å². The fourth-order valence-electron chi connectivity index (χ4n) is 1.94. The highest BCUT2D eigenvalue weighted by Gasteiger charge is 1.97. The van der Waals surface area contributed by atoms with Crippen LogP contribution in [0.15, 0.2) is 53.5 Å². The van der Waals surface area contributed by atoms with E-state index in [9.17, 15) is 0 Å². The lowest BCUT2D eigenvalue weighted by molar-refractivity contribution is 1.14. The maximum absolute atomic E-state index is 5.92. The molecule has 0 saturated heterocycles. The number of nitrogens with one attached hydrogen (secondary N) is 1. The molecule has 2 aromatic rings. The predicted molar refractivity (Wildman–Crippen MR) is 86.5 cm³/mol. The molecule has 0 atom stereocenters. The number of rotatable bonds is 4. The number of aryl methyl sites for hydroxylation is 2. The summed E-state index contributed by atoms with van der Waals surface area (Å²) >= 11 is 0. The van der Waals surface area contributed by atoms with Gasteiger partial charge in [-0.25, -0.2) is 4.99 Å². The van der Waals surface area contributed by atoms with E-state index in [1.54, 1.807) is 0 Å². The van der Waals surface area contributed by atoms with Crippen LogP contribution in [0.4, 0.5) is 11.4 Å². The summed E-state index contributed by atoms with van der Waals surface area (Å²) in [5.41, 5.74) is 10.3. The number of hydrogen-bond donors (Lipinski definition) is 2. The largest absolute Gasteiger partial charge is 0.369 e. The normalized spacial score (nSPS) is 11.4. The third-order valence-corrected chi connectivity index (χ3v) is 3.23. The molecular formula is C17H21N3. The first-order valence-electron chi connectivity index (χ1n) is 7.00. The number of aliphatic imine (C=N–C) groups is 1. The molecule has 0 spiro atoms.